The molecule has 1 amide bonds. The molecule has 3 N–H and O–H groups in total. The monoisotopic (exact) mass is 330 g/mol. The van der Waals surface area contributed by atoms with E-state index >= 15 is 0 Å². The Kier molecular flexibility index (Phi) is 5.67. The van der Waals surface area contributed by atoms with Gasteiger partial charge in [-0.05, 0) is 49.9 Å². The molecular weight excluding hydrogens is 304 g/mol. The highest BCUT2D eigenvalue weighted by molar-refractivity contribution is 6.02. The van der Waals surface area contributed by atoms with E-state index in [9.17, 15) is 4.79 Å². The Balaban J connectivity index is 2.71. The molecule has 0 aliphatic carbocycles. The summed E-state index contributed by atoms with van der Waals surface area (Å²) in [5, 5.41) is 9.16. The third-order valence-electron chi connectivity index (χ3n) is 4.44. The van der Waals surface area contributed by atoms with E-state index in [2.05, 4.69) is 11.5 Å². The summed E-state index contributed by atoms with van der Waals surface area (Å²) < 4.78 is 7.43. The number of aromatic nitrogens is 1. The lowest BCUT2D eigenvalue weighted by molar-refractivity contribution is 0.1000. The average molecular weight is 330 g/mol. The van der Waals surface area contributed by atoms with Gasteiger partial charge in [-0.15, -0.1) is 0 Å². The maximum atomic E-state index is 12.1. The average Bonchev–Trinajstić information content (AvgIpc) is 2.84. The minimum atomic E-state index is -0.423. The number of ether oxygens (including phenoxy) is 1. The van der Waals surface area contributed by atoms with E-state index in [1.54, 1.807) is 7.11 Å². The van der Waals surface area contributed by atoms with Crippen molar-refractivity contribution < 1.29 is 14.6 Å². The van der Waals surface area contributed by atoms with Crippen LogP contribution in [0.2, 0.25) is 0 Å². The number of carbonyl (C=O) groups excluding carboxylic acids is 1. The van der Waals surface area contributed by atoms with Gasteiger partial charge in [0.1, 0.15) is 5.75 Å². The van der Waals surface area contributed by atoms with Crippen molar-refractivity contribution in [2.45, 2.75) is 40.2 Å². The van der Waals surface area contributed by atoms with Gasteiger partial charge in [-0.2, -0.15) is 0 Å². The van der Waals surface area contributed by atoms with Crippen LogP contribution in [0, 0.1) is 13.8 Å². The van der Waals surface area contributed by atoms with Gasteiger partial charge in [0.05, 0.1) is 12.7 Å². The third-order valence-corrected chi connectivity index (χ3v) is 4.44. The number of benzene rings is 1. The molecule has 0 unspecified atom stereocenters. The fraction of sp³-hybridized carbons (Fsp3) is 0.421. The van der Waals surface area contributed by atoms with Gasteiger partial charge in [0, 0.05) is 30.1 Å². The lowest BCUT2D eigenvalue weighted by Crippen LogP contribution is -2.13. The van der Waals surface area contributed by atoms with Crippen LogP contribution in [0.5, 0.6) is 5.75 Å². The molecule has 0 atom stereocenters. The minimum Gasteiger partial charge on any atom is -0.496 e. The van der Waals surface area contributed by atoms with Crippen LogP contribution in [-0.4, -0.2) is 29.3 Å². The van der Waals surface area contributed by atoms with Gasteiger partial charge in [-0.3, -0.25) is 4.79 Å². The Morgan fingerprint density at radius 2 is 2.04 bits per heavy atom. The summed E-state index contributed by atoms with van der Waals surface area (Å²) in [6.45, 7) is 6.74. The fourth-order valence-electron chi connectivity index (χ4n) is 3.34. The van der Waals surface area contributed by atoms with Crippen molar-refractivity contribution in [2.24, 2.45) is 5.73 Å². The van der Waals surface area contributed by atoms with E-state index in [-0.39, 0.29) is 6.61 Å². The zero-order chi connectivity index (χ0) is 17.9. The summed E-state index contributed by atoms with van der Waals surface area (Å²) in [6, 6.07) is 5.90. The van der Waals surface area contributed by atoms with Crippen LogP contribution in [0.25, 0.3) is 11.1 Å². The topological polar surface area (TPSA) is 77.5 Å². The number of hydrogen-bond donors (Lipinski definition) is 2. The number of hydrogen-bond acceptors (Lipinski definition) is 3. The molecular formula is C19H26N2O3. The first-order valence-corrected chi connectivity index (χ1v) is 8.23. The molecule has 0 spiro atoms. The Labute approximate surface area is 143 Å². The SMILES string of the molecule is CCc1c(-c2ccc(OC)c(C)c2)c(C(N)=O)c(C)n1CCCO. The molecule has 0 aliphatic rings. The van der Waals surface area contributed by atoms with Crippen LogP contribution in [0.4, 0.5) is 0 Å². The molecule has 130 valence electrons. The number of nitrogens with two attached hydrogens (primary N) is 1. The first-order valence-electron chi connectivity index (χ1n) is 8.23. The van der Waals surface area contributed by atoms with Gasteiger partial charge in [-0.1, -0.05) is 13.0 Å². The van der Waals surface area contributed by atoms with E-state index in [0.29, 0.717) is 18.5 Å². The minimum absolute atomic E-state index is 0.115. The van der Waals surface area contributed by atoms with Crippen molar-refractivity contribution in [1.82, 2.24) is 4.57 Å². The van der Waals surface area contributed by atoms with Crippen LogP contribution in [0.3, 0.4) is 0 Å². The first-order chi connectivity index (χ1) is 11.5. The van der Waals surface area contributed by atoms with Crippen LogP contribution < -0.4 is 10.5 Å². The summed E-state index contributed by atoms with van der Waals surface area (Å²) in [4.78, 5) is 12.1. The molecule has 2 aromatic rings. The number of aryl methyl sites for hydroxylation is 1. The van der Waals surface area contributed by atoms with Gasteiger partial charge < -0.3 is 20.1 Å². The van der Waals surface area contributed by atoms with E-state index < -0.39 is 5.91 Å². The summed E-state index contributed by atoms with van der Waals surface area (Å²) in [5.74, 6) is 0.391. The van der Waals surface area contributed by atoms with Crippen molar-refractivity contribution in [3.05, 3.63) is 40.7 Å². The van der Waals surface area contributed by atoms with Crippen molar-refractivity contribution in [2.75, 3.05) is 13.7 Å². The molecule has 0 fully saturated rings. The Morgan fingerprint density at radius 3 is 2.54 bits per heavy atom. The number of nitrogens with zero attached hydrogens (tertiary/aromatic N) is 1. The second-order valence-electron chi connectivity index (χ2n) is 5.91. The van der Waals surface area contributed by atoms with Gasteiger partial charge >= 0.3 is 0 Å². The predicted molar refractivity (Wildman–Crippen MR) is 95.5 cm³/mol. The third kappa shape index (κ3) is 3.17. The number of aliphatic hydroxyl groups is 1. The lowest BCUT2D eigenvalue weighted by atomic mass is 9.97. The smallest absolute Gasteiger partial charge is 0.251 e. The maximum Gasteiger partial charge on any atom is 0.251 e. The number of amides is 1. The second kappa shape index (κ2) is 7.53. The standard InChI is InChI=1S/C19H26N2O3/c1-5-15-18(14-7-8-16(24-4)12(2)11-14)17(19(20)23)13(3)21(15)9-6-10-22/h7-8,11,22H,5-6,9-10H2,1-4H3,(H2,20,23). The molecule has 1 aromatic heterocycles. The highest BCUT2D eigenvalue weighted by Crippen LogP contribution is 2.35. The highest BCUT2D eigenvalue weighted by Gasteiger charge is 2.24. The molecule has 5 nitrogen and oxygen atoms in total. The molecule has 0 radical (unpaired) electrons. The molecule has 0 aliphatic heterocycles. The van der Waals surface area contributed by atoms with Gasteiger partial charge in [0.2, 0.25) is 0 Å². The Morgan fingerprint density at radius 1 is 1.33 bits per heavy atom. The first kappa shape index (κ1) is 18.1. The van der Waals surface area contributed by atoms with Crippen LogP contribution in [0.1, 0.15) is 40.7 Å². The normalized spacial score (nSPS) is 10.9. The maximum absolute atomic E-state index is 12.1. The summed E-state index contributed by atoms with van der Waals surface area (Å²) in [5.41, 5.74) is 11.0. The van der Waals surface area contributed by atoms with E-state index in [0.717, 1.165) is 40.2 Å². The van der Waals surface area contributed by atoms with Gasteiger partial charge in [-0.25, -0.2) is 0 Å². The molecule has 0 saturated carbocycles. The van der Waals surface area contributed by atoms with Gasteiger partial charge in [0.25, 0.3) is 5.91 Å². The van der Waals surface area contributed by atoms with E-state index in [4.69, 9.17) is 15.6 Å². The molecule has 5 heteroatoms. The number of aliphatic hydroxyl groups excluding tert-OH is 1. The molecule has 1 aromatic carbocycles. The van der Waals surface area contributed by atoms with Crippen molar-refractivity contribution in [1.29, 1.82) is 0 Å². The van der Waals surface area contributed by atoms with Crippen LogP contribution >= 0.6 is 0 Å². The molecule has 24 heavy (non-hydrogen) atoms. The Bertz CT molecular complexity index is 748. The highest BCUT2D eigenvalue weighted by atomic mass is 16.5. The molecule has 1 heterocycles. The largest absolute Gasteiger partial charge is 0.496 e. The number of carbonyl (C=O) groups is 1. The van der Waals surface area contributed by atoms with E-state index in [1.165, 1.54) is 0 Å². The molecule has 0 saturated heterocycles. The summed E-state index contributed by atoms with van der Waals surface area (Å²) in [7, 11) is 1.64. The van der Waals surface area contributed by atoms with Crippen molar-refractivity contribution in [3.63, 3.8) is 0 Å². The quantitative estimate of drug-likeness (QED) is 0.819. The zero-order valence-electron chi connectivity index (χ0n) is 14.8. The van der Waals surface area contributed by atoms with Crippen molar-refractivity contribution >= 4 is 5.91 Å². The second-order valence-corrected chi connectivity index (χ2v) is 5.91. The fourth-order valence-corrected chi connectivity index (χ4v) is 3.34. The molecule has 0 bridgehead atoms. The van der Waals surface area contributed by atoms with Crippen LogP contribution in [-0.2, 0) is 13.0 Å². The number of rotatable bonds is 7. The Hall–Kier alpha value is -2.27. The van der Waals surface area contributed by atoms with Crippen LogP contribution in [0.15, 0.2) is 18.2 Å². The van der Waals surface area contributed by atoms with Gasteiger partial charge in [0.15, 0.2) is 0 Å². The van der Waals surface area contributed by atoms with E-state index in [1.807, 2.05) is 32.0 Å². The molecule has 2 rings (SSSR count). The number of methoxy groups -OCH3 is 1. The summed E-state index contributed by atoms with van der Waals surface area (Å²) >= 11 is 0. The zero-order valence-corrected chi connectivity index (χ0v) is 14.8. The van der Waals surface area contributed by atoms with Crippen molar-refractivity contribution in [3.8, 4) is 16.9 Å². The predicted octanol–water partition coefficient (Wildman–Crippen LogP) is 2.82. The summed E-state index contributed by atoms with van der Waals surface area (Å²) in [6.07, 6.45) is 1.42. The lowest BCUT2D eigenvalue weighted by Gasteiger charge is -2.12. The number of primary amides is 1.